The minimum atomic E-state index is -1.34. The summed E-state index contributed by atoms with van der Waals surface area (Å²) < 4.78 is 0. The van der Waals surface area contributed by atoms with Crippen molar-refractivity contribution < 1.29 is 57.5 Å². The number of hydrogen-bond acceptors (Lipinski definition) is 12. The van der Waals surface area contributed by atoms with Crippen molar-refractivity contribution in [3.05, 3.63) is 0 Å². The molecule has 52 heavy (non-hydrogen) atoms. The van der Waals surface area contributed by atoms with Crippen molar-refractivity contribution >= 4 is 70.9 Å². The smallest absolute Gasteiger partial charge is 0.245 e. The van der Waals surface area contributed by atoms with Crippen molar-refractivity contribution in [3.8, 4) is 0 Å². The zero-order chi connectivity index (χ0) is 38.5. The van der Waals surface area contributed by atoms with Gasteiger partial charge in [0.25, 0.3) is 0 Å². The molecular formula is C28H42N12O12. The molecule has 2 saturated heterocycles. The van der Waals surface area contributed by atoms with E-state index in [9.17, 15) is 57.5 Å². The maximum atomic E-state index is 13.0. The quantitative estimate of drug-likeness (QED) is 0.120. The van der Waals surface area contributed by atoms with Gasteiger partial charge in [-0.15, -0.1) is 0 Å². The van der Waals surface area contributed by atoms with Crippen molar-refractivity contribution in [2.45, 2.75) is 25.3 Å². The van der Waals surface area contributed by atoms with Crippen LogP contribution in [0.4, 0.5) is 0 Å². The van der Waals surface area contributed by atoms with Gasteiger partial charge in [-0.1, -0.05) is 0 Å². The summed E-state index contributed by atoms with van der Waals surface area (Å²) in [5.41, 5.74) is 0. The van der Waals surface area contributed by atoms with E-state index in [1.165, 1.54) is 4.90 Å². The Kier molecular flexibility index (Phi) is 18.0. The van der Waals surface area contributed by atoms with Gasteiger partial charge in [-0.2, -0.15) is 0 Å². The largest absolute Gasteiger partial charge is 0.347 e. The van der Waals surface area contributed by atoms with Gasteiger partial charge >= 0.3 is 0 Å². The van der Waals surface area contributed by atoms with Crippen LogP contribution in [0.5, 0.6) is 0 Å². The van der Waals surface area contributed by atoms with Crippen LogP contribution in [0.15, 0.2) is 0 Å². The van der Waals surface area contributed by atoms with Crippen LogP contribution >= 0.6 is 0 Å². The maximum Gasteiger partial charge on any atom is 0.245 e. The highest BCUT2D eigenvalue weighted by Crippen LogP contribution is 2.10. The van der Waals surface area contributed by atoms with Crippen molar-refractivity contribution in [1.29, 1.82) is 0 Å². The third kappa shape index (κ3) is 17.9. The van der Waals surface area contributed by atoms with E-state index in [1.807, 2.05) is 0 Å². The molecule has 12 amide bonds. The first-order chi connectivity index (χ1) is 24.7. The summed E-state index contributed by atoms with van der Waals surface area (Å²) in [4.78, 5) is 148. The molecule has 0 aromatic carbocycles. The summed E-state index contributed by atoms with van der Waals surface area (Å²) in [6.07, 6.45) is 0.878. The van der Waals surface area contributed by atoms with Gasteiger partial charge in [-0.3, -0.25) is 57.5 Å². The van der Waals surface area contributed by atoms with Gasteiger partial charge in [-0.25, -0.2) is 0 Å². The molecule has 0 saturated carbocycles. The molecule has 0 aliphatic carbocycles. The number of likely N-dealkylation sites (tertiary alicyclic amines) is 1. The van der Waals surface area contributed by atoms with Gasteiger partial charge in [0.2, 0.25) is 70.9 Å². The molecule has 0 spiro atoms. The molecule has 0 aromatic heterocycles. The lowest BCUT2D eigenvalue weighted by atomic mass is 10.1. The first kappa shape index (κ1) is 41.8. The zero-order valence-electron chi connectivity index (χ0n) is 28.0. The van der Waals surface area contributed by atoms with E-state index in [0.717, 1.165) is 12.8 Å². The van der Waals surface area contributed by atoms with Crippen LogP contribution < -0.4 is 58.5 Å². The lowest BCUT2D eigenvalue weighted by molar-refractivity contribution is -0.138. The van der Waals surface area contributed by atoms with Crippen molar-refractivity contribution in [1.82, 2.24) is 63.4 Å². The number of amides is 12. The minimum absolute atomic E-state index is 0.402. The summed E-state index contributed by atoms with van der Waals surface area (Å²) in [7, 11) is 0. The Morgan fingerprint density at radius 1 is 0.365 bits per heavy atom. The third-order valence-electron chi connectivity index (χ3n) is 6.90. The van der Waals surface area contributed by atoms with E-state index in [4.69, 9.17) is 0 Å². The molecule has 1 atom stereocenters. The first-order valence-electron chi connectivity index (χ1n) is 16.0. The van der Waals surface area contributed by atoms with Crippen LogP contribution in [0, 0.1) is 0 Å². The molecule has 2 aliphatic heterocycles. The molecule has 286 valence electrons. The van der Waals surface area contributed by atoms with Crippen molar-refractivity contribution in [3.63, 3.8) is 0 Å². The Morgan fingerprint density at radius 2 is 0.596 bits per heavy atom. The van der Waals surface area contributed by atoms with Crippen LogP contribution in [-0.4, -0.2) is 160 Å². The summed E-state index contributed by atoms with van der Waals surface area (Å²) in [5, 5.41) is 24.5. The predicted molar refractivity (Wildman–Crippen MR) is 172 cm³/mol. The van der Waals surface area contributed by atoms with Gasteiger partial charge in [0, 0.05) is 13.1 Å². The zero-order valence-corrected chi connectivity index (χ0v) is 28.0. The Balaban J connectivity index is 1.98. The fraction of sp³-hybridized carbons (Fsp3) is 0.571. The molecular weight excluding hydrogens is 696 g/mol. The van der Waals surface area contributed by atoms with E-state index in [0.29, 0.717) is 13.1 Å². The molecule has 0 bridgehead atoms. The Labute approximate surface area is 295 Å². The molecule has 24 heteroatoms. The molecule has 2 rings (SSSR count). The highest BCUT2D eigenvalue weighted by molar-refractivity contribution is 5.96. The summed E-state index contributed by atoms with van der Waals surface area (Å²) in [5.74, 6) is -9.24. The Morgan fingerprint density at radius 3 is 0.865 bits per heavy atom. The molecule has 2 heterocycles. The topological polar surface area (TPSA) is 340 Å². The fourth-order valence-electron chi connectivity index (χ4n) is 4.21. The average Bonchev–Trinajstić information content (AvgIpc) is 3.67. The van der Waals surface area contributed by atoms with Gasteiger partial charge in [0.1, 0.15) is 6.04 Å². The van der Waals surface area contributed by atoms with Gasteiger partial charge in [0.05, 0.1) is 71.9 Å². The number of nitrogens with zero attached hydrogens (tertiary/aromatic N) is 1. The standard InChI is InChI=1S/C28H42N12O12/c41-17-5-16(28(52)40-3-1-2-4-40)39-27(51)15-38-26(50)14-37-25(49)13-36-24(48)12-35-23(47)11-34-22(46)10-33-21(45)9-32-20(44)8-31-19(43)7-30-18(42)6-29-17/h16H,1-15H2,(H,29,41)(H,30,42)(H,31,43)(H,32,44)(H,33,45)(H,34,46)(H,35,47)(H,36,48)(H,37,49)(H,38,50)(H,39,51). The van der Waals surface area contributed by atoms with Crippen LogP contribution in [0.1, 0.15) is 19.3 Å². The van der Waals surface area contributed by atoms with Gasteiger partial charge in [-0.05, 0) is 12.8 Å². The van der Waals surface area contributed by atoms with Crippen LogP contribution in [-0.2, 0) is 57.5 Å². The molecule has 2 fully saturated rings. The second-order valence-corrected chi connectivity index (χ2v) is 11.1. The summed E-state index contributed by atoms with van der Waals surface area (Å²) in [6.45, 7) is -4.97. The molecule has 11 N–H and O–H groups in total. The lowest BCUT2D eigenvalue weighted by Crippen LogP contribution is -2.53. The number of carbonyl (C=O) groups excluding carboxylic acids is 12. The third-order valence-corrected chi connectivity index (χ3v) is 6.90. The van der Waals surface area contributed by atoms with Crippen molar-refractivity contribution in [2.75, 3.05) is 78.5 Å². The molecule has 0 aromatic rings. The molecule has 24 nitrogen and oxygen atoms in total. The maximum absolute atomic E-state index is 13.0. The van der Waals surface area contributed by atoms with E-state index in [2.05, 4.69) is 58.5 Å². The monoisotopic (exact) mass is 738 g/mol. The van der Waals surface area contributed by atoms with E-state index in [-0.39, 0.29) is 0 Å². The number of nitrogens with one attached hydrogen (secondary N) is 11. The molecule has 0 radical (unpaired) electrons. The van der Waals surface area contributed by atoms with E-state index < -0.39 is 149 Å². The summed E-state index contributed by atoms with van der Waals surface area (Å²) >= 11 is 0. The Bertz CT molecular complexity index is 1330. The van der Waals surface area contributed by atoms with Gasteiger partial charge in [0.15, 0.2) is 0 Å². The average molecular weight is 739 g/mol. The first-order valence-corrected chi connectivity index (χ1v) is 16.0. The van der Waals surface area contributed by atoms with E-state index in [1.54, 1.807) is 0 Å². The SMILES string of the molecule is O=C1CNC(=O)CNC(=O)CNC(=O)CNC(=O)CNC(=O)CC(C(=O)N2CCCC2)NC(=O)CNC(=O)CNC(=O)CNC(=O)CNC(=O)CN1. The van der Waals surface area contributed by atoms with Crippen LogP contribution in [0.25, 0.3) is 0 Å². The normalized spacial score (nSPS) is 21.5. The second kappa shape index (κ2) is 22.4. The number of hydrogen-bond donors (Lipinski definition) is 11. The molecule has 1 unspecified atom stereocenters. The fourth-order valence-corrected chi connectivity index (χ4v) is 4.21. The van der Waals surface area contributed by atoms with Gasteiger partial charge < -0.3 is 63.4 Å². The van der Waals surface area contributed by atoms with Crippen LogP contribution in [0.2, 0.25) is 0 Å². The minimum Gasteiger partial charge on any atom is -0.347 e. The van der Waals surface area contributed by atoms with Crippen molar-refractivity contribution in [2.24, 2.45) is 0 Å². The number of carbonyl (C=O) groups is 12. The second-order valence-electron chi connectivity index (χ2n) is 11.1. The highest BCUT2D eigenvalue weighted by atomic mass is 16.2. The summed E-state index contributed by atoms with van der Waals surface area (Å²) in [6, 6.07) is -1.34. The number of rotatable bonds is 1. The van der Waals surface area contributed by atoms with Crippen LogP contribution in [0.3, 0.4) is 0 Å². The highest BCUT2D eigenvalue weighted by Gasteiger charge is 2.30. The lowest BCUT2D eigenvalue weighted by Gasteiger charge is -2.24. The molecule has 2 aliphatic rings. The Hall–Kier alpha value is -6.36. The van der Waals surface area contributed by atoms with E-state index >= 15 is 0 Å². The predicted octanol–water partition coefficient (Wildman–Crippen LogP) is -9.34.